The molecule has 5 nitrogen and oxygen atoms in total. The molecule has 0 amide bonds. The smallest absolute Gasteiger partial charge is 0.214 e. The van der Waals surface area contributed by atoms with E-state index in [1.54, 1.807) is 31.2 Å². The molecule has 1 aromatic heterocycles. The van der Waals surface area contributed by atoms with Crippen LogP contribution in [0.4, 0.5) is 0 Å². The molecule has 0 unspecified atom stereocenters. The zero-order chi connectivity index (χ0) is 12.2. The van der Waals surface area contributed by atoms with Crippen LogP contribution in [0.25, 0.3) is 0 Å². The van der Waals surface area contributed by atoms with E-state index in [1.807, 2.05) is 0 Å². The number of carbonyl (C=O) groups excluding carboxylic acids is 2. The summed E-state index contributed by atoms with van der Waals surface area (Å²) in [6, 6.07) is 6.59. The Bertz CT molecular complexity index is 670. The second-order valence-corrected chi connectivity index (χ2v) is 3.90. The number of carbonyl (C=O) groups is 2. The standard InChI is InChI=1S/C12H8N2O3/c1-6-9-10(13-14(6)17)12(16)8-5-3-2-4-7(8)11(9)15/h2-5,17H,1H3. The third kappa shape index (κ3) is 1.10. The first-order valence-corrected chi connectivity index (χ1v) is 5.08. The Labute approximate surface area is 96.3 Å². The number of ketones is 2. The van der Waals surface area contributed by atoms with Crippen molar-refractivity contribution < 1.29 is 14.8 Å². The van der Waals surface area contributed by atoms with Crippen LogP contribution in [0.2, 0.25) is 0 Å². The van der Waals surface area contributed by atoms with Gasteiger partial charge in [-0.3, -0.25) is 9.59 Å². The molecule has 0 fully saturated rings. The summed E-state index contributed by atoms with van der Waals surface area (Å²) in [6.45, 7) is 1.55. The van der Waals surface area contributed by atoms with Crippen molar-refractivity contribution in [3.8, 4) is 0 Å². The lowest BCUT2D eigenvalue weighted by atomic mass is 9.87. The van der Waals surface area contributed by atoms with Crippen LogP contribution in [0.1, 0.15) is 37.7 Å². The maximum atomic E-state index is 12.2. The highest BCUT2D eigenvalue weighted by Crippen LogP contribution is 2.28. The van der Waals surface area contributed by atoms with E-state index < -0.39 is 0 Å². The molecular weight excluding hydrogens is 220 g/mol. The minimum absolute atomic E-state index is 0.0219. The zero-order valence-corrected chi connectivity index (χ0v) is 8.97. The summed E-state index contributed by atoms with van der Waals surface area (Å²) in [7, 11) is 0. The first-order valence-electron chi connectivity index (χ1n) is 5.08. The number of nitrogens with zero attached hydrogens (tertiary/aromatic N) is 2. The molecule has 0 saturated heterocycles. The van der Waals surface area contributed by atoms with Gasteiger partial charge in [0.2, 0.25) is 5.78 Å². The maximum absolute atomic E-state index is 12.2. The lowest BCUT2D eigenvalue weighted by Gasteiger charge is -2.12. The fraction of sp³-hybridized carbons (Fsp3) is 0.0833. The van der Waals surface area contributed by atoms with E-state index in [0.29, 0.717) is 16.0 Å². The van der Waals surface area contributed by atoms with Crippen molar-refractivity contribution in [1.29, 1.82) is 0 Å². The van der Waals surface area contributed by atoms with Gasteiger partial charge in [-0.25, -0.2) is 0 Å². The summed E-state index contributed by atoms with van der Waals surface area (Å²) in [5.74, 6) is -0.598. The summed E-state index contributed by atoms with van der Waals surface area (Å²) in [5.41, 5.74) is 1.20. The van der Waals surface area contributed by atoms with Gasteiger partial charge in [0.15, 0.2) is 5.78 Å². The van der Waals surface area contributed by atoms with Gasteiger partial charge >= 0.3 is 0 Å². The molecule has 0 spiro atoms. The van der Waals surface area contributed by atoms with E-state index in [0.717, 1.165) is 0 Å². The molecule has 1 aliphatic carbocycles. The number of hydrogen-bond acceptors (Lipinski definition) is 4. The topological polar surface area (TPSA) is 72.2 Å². The SMILES string of the molecule is Cc1c2c(nn1O)C(=O)c1ccccc1C2=O. The molecule has 1 N–H and O–H groups in total. The Kier molecular flexibility index (Phi) is 1.75. The molecule has 3 rings (SSSR count). The van der Waals surface area contributed by atoms with Crippen molar-refractivity contribution >= 4 is 11.6 Å². The van der Waals surface area contributed by atoms with E-state index >= 15 is 0 Å². The van der Waals surface area contributed by atoms with Gasteiger partial charge in [-0.15, -0.1) is 9.94 Å². The van der Waals surface area contributed by atoms with Gasteiger partial charge in [0.25, 0.3) is 0 Å². The molecule has 1 heterocycles. The molecule has 0 atom stereocenters. The van der Waals surface area contributed by atoms with Gasteiger partial charge in [-0.1, -0.05) is 24.3 Å². The molecule has 0 saturated carbocycles. The summed E-state index contributed by atoms with van der Waals surface area (Å²) >= 11 is 0. The highest BCUT2D eigenvalue weighted by Gasteiger charge is 2.34. The first-order chi connectivity index (χ1) is 8.11. The number of benzene rings is 1. The van der Waals surface area contributed by atoms with E-state index in [-0.39, 0.29) is 28.5 Å². The number of hydrogen-bond donors (Lipinski definition) is 1. The fourth-order valence-electron chi connectivity index (χ4n) is 2.06. The molecule has 5 heteroatoms. The largest absolute Gasteiger partial charge is 0.411 e. The van der Waals surface area contributed by atoms with Crippen LogP contribution in [0.3, 0.4) is 0 Å². The number of aromatic nitrogens is 2. The monoisotopic (exact) mass is 228 g/mol. The van der Waals surface area contributed by atoms with Crippen molar-refractivity contribution in [2.75, 3.05) is 0 Å². The number of rotatable bonds is 0. The lowest BCUT2D eigenvalue weighted by Crippen LogP contribution is -2.20. The van der Waals surface area contributed by atoms with Crippen LogP contribution in [-0.4, -0.2) is 26.7 Å². The van der Waals surface area contributed by atoms with E-state index in [9.17, 15) is 14.8 Å². The predicted octanol–water partition coefficient (Wildman–Crippen LogP) is 1.20. The van der Waals surface area contributed by atoms with Gasteiger partial charge in [0, 0.05) is 11.1 Å². The van der Waals surface area contributed by atoms with Crippen molar-refractivity contribution in [2.24, 2.45) is 0 Å². The van der Waals surface area contributed by atoms with Crippen molar-refractivity contribution in [2.45, 2.75) is 6.92 Å². The Morgan fingerprint density at radius 3 is 2.35 bits per heavy atom. The molecular formula is C12H8N2O3. The number of fused-ring (bicyclic) bond motifs is 2. The summed E-state index contributed by atoms with van der Waals surface area (Å²) < 4.78 is 0. The minimum Gasteiger partial charge on any atom is -0.411 e. The Morgan fingerprint density at radius 2 is 1.71 bits per heavy atom. The van der Waals surface area contributed by atoms with Crippen LogP contribution in [0, 0.1) is 6.92 Å². The van der Waals surface area contributed by atoms with E-state index in [1.165, 1.54) is 0 Å². The van der Waals surface area contributed by atoms with E-state index in [2.05, 4.69) is 5.10 Å². The quantitative estimate of drug-likeness (QED) is 0.587. The molecule has 0 aliphatic heterocycles. The second kappa shape index (κ2) is 3.04. The lowest BCUT2D eigenvalue weighted by molar-refractivity contribution is 0.0974. The van der Waals surface area contributed by atoms with Gasteiger partial charge in [-0.05, 0) is 6.92 Å². The molecule has 2 aromatic rings. The normalized spacial score (nSPS) is 13.5. The second-order valence-electron chi connectivity index (χ2n) is 3.90. The van der Waals surface area contributed by atoms with Crippen LogP contribution in [-0.2, 0) is 0 Å². The van der Waals surface area contributed by atoms with Crippen molar-refractivity contribution in [3.63, 3.8) is 0 Å². The molecule has 1 aromatic carbocycles. The van der Waals surface area contributed by atoms with Crippen molar-refractivity contribution in [1.82, 2.24) is 9.94 Å². The average molecular weight is 228 g/mol. The average Bonchev–Trinajstić information content (AvgIpc) is 2.64. The third-order valence-corrected chi connectivity index (χ3v) is 2.95. The van der Waals surface area contributed by atoms with Crippen LogP contribution >= 0.6 is 0 Å². The molecule has 84 valence electrons. The third-order valence-electron chi connectivity index (χ3n) is 2.95. The molecule has 1 aliphatic rings. The summed E-state index contributed by atoms with van der Waals surface area (Å²) in [6.07, 6.45) is 0. The van der Waals surface area contributed by atoms with Crippen LogP contribution in [0.5, 0.6) is 0 Å². The minimum atomic E-state index is -0.328. The Balaban J connectivity index is 2.37. The van der Waals surface area contributed by atoms with Crippen LogP contribution < -0.4 is 0 Å². The Hall–Kier alpha value is -2.43. The maximum Gasteiger partial charge on any atom is 0.214 e. The van der Waals surface area contributed by atoms with Crippen LogP contribution in [0.15, 0.2) is 24.3 Å². The fourth-order valence-corrected chi connectivity index (χ4v) is 2.06. The Morgan fingerprint density at radius 1 is 1.12 bits per heavy atom. The summed E-state index contributed by atoms with van der Waals surface area (Å²) in [4.78, 5) is 24.8. The van der Waals surface area contributed by atoms with Gasteiger partial charge in [0.05, 0.1) is 11.3 Å². The van der Waals surface area contributed by atoms with E-state index in [4.69, 9.17) is 0 Å². The predicted molar refractivity (Wildman–Crippen MR) is 57.5 cm³/mol. The van der Waals surface area contributed by atoms with Gasteiger partial charge < -0.3 is 5.21 Å². The molecule has 17 heavy (non-hydrogen) atoms. The van der Waals surface area contributed by atoms with Gasteiger partial charge in [-0.2, -0.15) is 0 Å². The van der Waals surface area contributed by atoms with Crippen molar-refractivity contribution in [3.05, 3.63) is 52.3 Å². The first kappa shape index (κ1) is 9.77. The zero-order valence-electron chi connectivity index (χ0n) is 8.97. The highest BCUT2D eigenvalue weighted by molar-refractivity contribution is 6.28. The highest BCUT2D eigenvalue weighted by atomic mass is 16.5. The molecule has 0 bridgehead atoms. The van der Waals surface area contributed by atoms with Gasteiger partial charge in [0.1, 0.15) is 5.69 Å². The molecule has 0 radical (unpaired) electrons. The summed E-state index contributed by atoms with van der Waals surface area (Å²) in [5, 5.41) is 13.1.